The Bertz CT molecular complexity index is 885. The molecule has 23 heavy (non-hydrogen) atoms. The van der Waals surface area contributed by atoms with E-state index in [9.17, 15) is 0 Å². The van der Waals surface area contributed by atoms with Crippen LogP contribution in [0.25, 0.3) is 16.9 Å². The summed E-state index contributed by atoms with van der Waals surface area (Å²) in [4.78, 5) is 5.27. The van der Waals surface area contributed by atoms with Crippen molar-refractivity contribution in [1.29, 1.82) is 0 Å². The average Bonchev–Trinajstić information content (AvgIpc) is 2.91. The fraction of sp³-hybridized carbons (Fsp3) is 0.222. The van der Waals surface area contributed by atoms with E-state index in [2.05, 4.69) is 16.5 Å². The normalized spacial score (nSPS) is 12.3. The number of fused-ring (bicyclic) bond motifs is 1. The van der Waals surface area contributed by atoms with Gasteiger partial charge in [-0.05, 0) is 36.8 Å². The standard InChI is InChI=1S/C18H19N3OS/c1-11-8-9-21-15(10-11)20-16(17(21)12(2)18(19)23)13-6-4-5-7-14(13)22-3/h4-10,12H,1-3H3,(H2,19,23). The van der Waals surface area contributed by atoms with Crippen LogP contribution in [0, 0.1) is 6.92 Å². The highest BCUT2D eigenvalue weighted by molar-refractivity contribution is 7.80. The SMILES string of the molecule is COc1ccccc1-c1nc2cc(C)ccn2c1C(C)C(N)=S. The van der Waals surface area contributed by atoms with Gasteiger partial charge in [-0.3, -0.25) is 0 Å². The molecule has 1 atom stereocenters. The van der Waals surface area contributed by atoms with Gasteiger partial charge in [0.2, 0.25) is 0 Å². The number of thiocarbonyl (C=S) groups is 1. The number of hydrogen-bond donors (Lipinski definition) is 1. The summed E-state index contributed by atoms with van der Waals surface area (Å²) >= 11 is 5.23. The van der Waals surface area contributed by atoms with E-state index in [-0.39, 0.29) is 5.92 Å². The van der Waals surface area contributed by atoms with Gasteiger partial charge >= 0.3 is 0 Å². The van der Waals surface area contributed by atoms with Gasteiger partial charge in [-0.15, -0.1) is 0 Å². The monoisotopic (exact) mass is 325 g/mol. The first kappa shape index (κ1) is 15.5. The highest BCUT2D eigenvalue weighted by Crippen LogP contribution is 2.35. The van der Waals surface area contributed by atoms with Crippen molar-refractivity contribution in [3.8, 4) is 17.0 Å². The summed E-state index contributed by atoms with van der Waals surface area (Å²) in [5, 5.41) is 0. The number of ether oxygens (including phenoxy) is 1. The molecule has 2 heterocycles. The topological polar surface area (TPSA) is 52.5 Å². The molecule has 0 radical (unpaired) electrons. The fourth-order valence-corrected chi connectivity index (χ4v) is 2.86. The number of para-hydroxylation sites is 1. The minimum absolute atomic E-state index is 0.0948. The number of aromatic nitrogens is 2. The molecular weight excluding hydrogens is 306 g/mol. The molecule has 118 valence electrons. The van der Waals surface area contributed by atoms with Crippen LogP contribution in [-0.2, 0) is 0 Å². The molecule has 0 bridgehead atoms. The molecule has 2 N–H and O–H groups in total. The molecule has 2 aromatic heterocycles. The van der Waals surface area contributed by atoms with Crippen LogP contribution < -0.4 is 10.5 Å². The van der Waals surface area contributed by atoms with Crippen LogP contribution in [0.1, 0.15) is 24.1 Å². The van der Waals surface area contributed by atoms with E-state index in [4.69, 9.17) is 27.7 Å². The molecule has 5 heteroatoms. The molecule has 0 aliphatic heterocycles. The zero-order chi connectivity index (χ0) is 16.6. The molecule has 0 aliphatic rings. The average molecular weight is 325 g/mol. The van der Waals surface area contributed by atoms with Crippen LogP contribution in [0.4, 0.5) is 0 Å². The van der Waals surface area contributed by atoms with Crippen molar-refractivity contribution in [2.75, 3.05) is 7.11 Å². The molecule has 0 aliphatic carbocycles. The molecule has 3 aromatic rings. The number of hydrogen-bond acceptors (Lipinski definition) is 3. The minimum atomic E-state index is -0.0948. The Kier molecular flexibility index (Phi) is 4.05. The Morgan fingerprint density at radius 3 is 2.74 bits per heavy atom. The zero-order valence-electron chi connectivity index (χ0n) is 13.4. The van der Waals surface area contributed by atoms with Crippen molar-refractivity contribution >= 4 is 22.9 Å². The summed E-state index contributed by atoms with van der Waals surface area (Å²) in [7, 11) is 1.66. The number of aryl methyl sites for hydroxylation is 1. The lowest BCUT2D eigenvalue weighted by molar-refractivity contribution is 0.416. The van der Waals surface area contributed by atoms with Gasteiger partial charge in [0.25, 0.3) is 0 Å². The van der Waals surface area contributed by atoms with Crippen molar-refractivity contribution in [3.05, 3.63) is 53.9 Å². The lowest BCUT2D eigenvalue weighted by Crippen LogP contribution is -2.18. The molecule has 0 amide bonds. The largest absolute Gasteiger partial charge is 0.496 e. The summed E-state index contributed by atoms with van der Waals surface area (Å²) in [6.45, 7) is 4.05. The van der Waals surface area contributed by atoms with Crippen LogP contribution in [0.5, 0.6) is 5.75 Å². The Morgan fingerprint density at radius 1 is 1.30 bits per heavy atom. The summed E-state index contributed by atoms with van der Waals surface area (Å²) in [5.41, 5.74) is 10.7. The highest BCUT2D eigenvalue weighted by Gasteiger charge is 2.23. The summed E-state index contributed by atoms with van der Waals surface area (Å²) < 4.78 is 7.56. The number of methoxy groups -OCH3 is 1. The predicted octanol–water partition coefficient (Wildman–Crippen LogP) is 3.71. The second-order valence-electron chi connectivity index (χ2n) is 5.60. The van der Waals surface area contributed by atoms with E-state index in [0.29, 0.717) is 4.99 Å². The minimum Gasteiger partial charge on any atom is -0.496 e. The van der Waals surface area contributed by atoms with Gasteiger partial charge in [-0.2, -0.15) is 0 Å². The Hall–Kier alpha value is -2.40. The second kappa shape index (κ2) is 6.01. The summed E-state index contributed by atoms with van der Waals surface area (Å²) in [6, 6.07) is 12.0. The molecule has 0 saturated carbocycles. The Balaban J connectivity index is 2.35. The van der Waals surface area contributed by atoms with Crippen LogP contribution in [0.15, 0.2) is 42.6 Å². The van der Waals surface area contributed by atoms with Crippen molar-refractivity contribution < 1.29 is 4.74 Å². The third-order valence-corrected chi connectivity index (χ3v) is 4.37. The lowest BCUT2D eigenvalue weighted by atomic mass is 10.0. The van der Waals surface area contributed by atoms with Crippen molar-refractivity contribution in [2.24, 2.45) is 5.73 Å². The van der Waals surface area contributed by atoms with E-state index in [0.717, 1.165) is 33.9 Å². The first-order valence-corrected chi connectivity index (χ1v) is 7.85. The van der Waals surface area contributed by atoms with Gasteiger partial charge in [0.15, 0.2) is 0 Å². The summed E-state index contributed by atoms with van der Waals surface area (Å²) in [5.74, 6) is 0.687. The van der Waals surface area contributed by atoms with Crippen LogP contribution in [0.3, 0.4) is 0 Å². The molecule has 0 fully saturated rings. The van der Waals surface area contributed by atoms with E-state index >= 15 is 0 Å². The molecule has 1 aromatic carbocycles. The third kappa shape index (κ3) is 2.68. The molecule has 0 spiro atoms. The van der Waals surface area contributed by atoms with Crippen molar-refractivity contribution in [2.45, 2.75) is 19.8 Å². The fourth-order valence-electron chi connectivity index (χ4n) is 2.75. The predicted molar refractivity (Wildman–Crippen MR) is 97.1 cm³/mol. The van der Waals surface area contributed by atoms with Gasteiger partial charge in [-0.25, -0.2) is 4.98 Å². The molecule has 0 saturated heterocycles. The molecule has 3 rings (SSSR count). The van der Waals surface area contributed by atoms with E-state index < -0.39 is 0 Å². The third-order valence-electron chi connectivity index (χ3n) is 4.02. The first-order chi connectivity index (χ1) is 11.0. The van der Waals surface area contributed by atoms with Crippen LogP contribution in [0.2, 0.25) is 0 Å². The number of nitrogens with two attached hydrogens (primary N) is 1. The lowest BCUT2D eigenvalue weighted by Gasteiger charge is -2.14. The number of nitrogens with zero attached hydrogens (tertiary/aromatic N) is 2. The number of rotatable bonds is 4. The van der Waals surface area contributed by atoms with Crippen LogP contribution in [-0.4, -0.2) is 21.5 Å². The van der Waals surface area contributed by atoms with E-state index in [1.807, 2.05) is 44.3 Å². The number of imidazole rings is 1. The van der Waals surface area contributed by atoms with Gasteiger partial charge in [0.1, 0.15) is 11.4 Å². The Labute approximate surface area is 140 Å². The van der Waals surface area contributed by atoms with E-state index in [1.54, 1.807) is 7.11 Å². The number of benzene rings is 1. The van der Waals surface area contributed by atoms with E-state index in [1.165, 1.54) is 0 Å². The van der Waals surface area contributed by atoms with Gasteiger partial charge in [-0.1, -0.05) is 31.3 Å². The maximum atomic E-state index is 5.92. The zero-order valence-corrected chi connectivity index (χ0v) is 14.2. The maximum absolute atomic E-state index is 5.92. The first-order valence-electron chi connectivity index (χ1n) is 7.44. The summed E-state index contributed by atoms with van der Waals surface area (Å²) in [6.07, 6.45) is 2.01. The van der Waals surface area contributed by atoms with Crippen molar-refractivity contribution in [1.82, 2.24) is 9.38 Å². The number of pyridine rings is 1. The molecule has 4 nitrogen and oxygen atoms in total. The maximum Gasteiger partial charge on any atom is 0.137 e. The van der Waals surface area contributed by atoms with Gasteiger partial charge < -0.3 is 14.9 Å². The van der Waals surface area contributed by atoms with Gasteiger partial charge in [0, 0.05) is 17.7 Å². The quantitative estimate of drug-likeness (QED) is 0.743. The second-order valence-corrected chi connectivity index (χ2v) is 6.07. The Morgan fingerprint density at radius 2 is 2.04 bits per heavy atom. The van der Waals surface area contributed by atoms with Crippen molar-refractivity contribution in [3.63, 3.8) is 0 Å². The highest BCUT2D eigenvalue weighted by atomic mass is 32.1. The molecule has 1 unspecified atom stereocenters. The van der Waals surface area contributed by atoms with Gasteiger partial charge in [0.05, 0.1) is 23.5 Å². The van der Waals surface area contributed by atoms with Crippen LogP contribution >= 0.6 is 12.2 Å². The molecular formula is C18H19N3OS. The smallest absolute Gasteiger partial charge is 0.137 e.